The number of unbranched alkanes of at least 4 members (excludes halogenated alkanes) is 1. The van der Waals surface area contributed by atoms with Gasteiger partial charge in [0, 0.05) is 17.5 Å². The van der Waals surface area contributed by atoms with Crippen molar-refractivity contribution in [3.05, 3.63) is 51.5 Å². The van der Waals surface area contributed by atoms with E-state index < -0.39 is 17.6 Å². The van der Waals surface area contributed by atoms with E-state index in [4.69, 9.17) is 9.72 Å². The van der Waals surface area contributed by atoms with Crippen molar-refractivity contribution in [2.45, 2.75) is 148 Å². The van der Waals surface area contributed by atoms with Crippen LogP contribution in [0.5, 0.6) is 0 Å². The number of allylic oxidation sites excluding steroid dienone is 3. The largest absolute Gasteiger partial charge is 0.461 e. The maximum Gasteiger partial charge on any atom is 0.314 e. The first-order chi connectivity index (χ1) is 21.8. The summed E-state index contributed by atoms with van der Waals surface area (Å²) in [6, 6.07) is 0. The zero-order valence-corrected chi connectivity index (χ0v) is 29.8. The van der Waals surface area contributed by atoms with Crippen molar-refractivity contribution in [2.24, 2.45) is 28.6 Å². The number of fused-ring (bicyclic) bond motifs is 1. The van der Waals surface area contributed by atoms with Gasteiger partial charge in [-0.3, -0.25) is 4.79 Å². The van der Waals surface area contributed by atoms with E-state index in [0.717, 1.165) is 67.5 Å². The summed E-state index contributed by atoms with van der Waals surface area (Å²) in [5.41, 5.74) is 2.34. The summed E-state index contributed by atoms with van der Waals surface area (Å²) >= 11 is 1.80. The Hall–Kier alpha value is -1.80. The van der Waals surface area contributed by atoms with Crippen molar-refractivity contribution in [2.75, 3.05) is 6.61 Å². The fourth-order valence-corrected chi connectivity index (χ4v) is 10.2. The zero-order valence-electron chi connectivity index (χ0n) is 29.0. The first kappa shape index (κ1) is 35.5. The lowest BCUT2D eigenvalue weighted by Crippen LogP contribution is -2.39. The summed E-state index contributed by atoms with van der Waals surface area (Å²) < 4.78 is 6.36. The quantitative estimate of drug-likeness (QED) is 0.187. The van der Waals surface area contributed by atoms with Crippen LogP contribution in [0, 0.1) is 28.6 Å². The second-order valence-corrected chi connectivity index (χ2v) is 17.2. The summed E-state index contributed by atoms with van der Waals surface area (Å²) in [5, 5.41) is 31.6. The average molecular weight is 654 g/mol. The minimum atomic E-state index is -0.929. The fraction of sp³-hybridized carbons (Fsp3) is 0.744. The molecule has 5 rings (SSSR count). The Balaban J connectivity index is 1.30. The van der Waals surface area contributed by atoms with Crippen molar-refractivity contribution >= 4 is 17.3 Å². The van der Waals surface area contributed by atoms with Gasteiger partial charge in [0.2, 0.25) is 0 Å². The number of esters is 1. The number of hydrogen-bond donors (Lipinski definition) is 3. The van der Waals surface area contributed by atoms with E-state index >= 15 is 0 Å². The number of carbonyl (C=O) groups excluding carboxylic acids is 1. The van der Waals surface area contributed by atoms with Crippen LogP contribution in [0.4, 0.5) is 0 Å². The predicted molar refractivity (Wildman–Crippen MR) is 186 cm³/mol. The van der Waals surface area contributed by atoms with Gasteiger partial charge in [0.25, 0.3) is 0 Å². The topological polar surface area (TPSA) is 99.9 Å². The van der Waals surface area contributed by atoms with Gasteiger partial charge in [0.1, 0.15) is 11.1 Å². The Labute approximate surface area is 281 Å². The van der Waals surface area contributed by atoms with Crippen molar-refractivity contribution in [1.29, 1.82) is 0 Å². The third kappa shape index (κ3) is 7.28. The van der Waals surface area contributed by atoms with Crippen molar-refractivity contribution in [3.63, 3.8) is 0 Å². The molecular weight excluding hydrogens is 594 g/mol. The summed E-state index contributed by atoms with van der Waals surface area (Å²) in [6.07, 6.45) is 19.1. The molecule has 0 spiro atoms. The molecule has 1 heterocycles. The molecule has 0 radical (unpaired) electrons. The number of nitrogens with zero attached hydrogens (tertiary/aromatic N) is 1. The molecule has 7 heteroatoms. The Bertz CT molecular complexity index is 1310. The Morgan fingerprint density at radius 3 is 2.67 bits per heavy atom. The van der Waals surface area contributed by atoms with Crippen LogP contribution in [0.25, 0.3) is 0 Å². The van der Waals surface area contributed by atoms with Gasteiger partial charge in [0.05, 0.1) is 29.6 Å². The van der Waals surface area contributed by atoms with E-state index in [2.05, 4.69) is 39.5 Å². The van der Waals surface area contributed by atoms with Crippen LogP contribution in [0.15, 0.2) is 41.6 Å². The van der Waals surface area contributed by atoms with Gasteiger partial charge >= 0.3 is 5.97 Å². The molecule has 1 aromatic rings. The van der Waals surface area contributed by atoms with Crippen LogP contribution in [0.1, 0.15) is 128 Å². The predicted octanol–water partition coefficient (Wildman–Crippen LogP) is 8.00. The number of rotatable bonds is 13. The maximum atomic E-state index is 13.3. The number of carbonyl (C=O) groups is 1. The van der Waals surface area contributed by atoms with E-state index in [1.54, 1.807) is 25.2 Å². The van der Waals surface area contributed by atoms with Gasteiger partial charge < -0.3 is 20.1 Å². The van der Waals surface area contributed by atoms with Gasteiger partial charge in [0.15, 0.2) is 0 Å². The van der Waals surface area contributed by atoms with Crippen molar-refractivity contribution in [3.8, 4) is 0 Å². The smallest absolute Gasteiger partial charge is 0.314 e. The summed E-state index contributed by atoms with van der Waals surface area (Å²) in [7, 11) is 0. The van der Waals surface area contributed by atoms with Gasteiger partial charge in [-0.05, 0) is 125 Å². The monoisotopic (exact) mass is 653 g/mol. The maximum absolute atomic E-state index is 13.3. The summed E-state index contributed by atoms with van der Waals surface area (Å²) in [6.45, 7) is 14.5. The van der Waals surface area contributed by atoms with Crippen molar-refractivity contribution < 1.29 is 24.9 Å². The standard InChI is InChI=1S/C39H59NO5S/c1-7-8-11-30-23-40-35(46-30)39(19-20-39)34(45-36(44)37(4,5)24-41)17-12-25(2)31-15-16-32-27(10-9-18-38(31,32)6)13-14-28-21-29(42)22-33(43)26(28)3/h13-14,23,25,29,31-34,41-43H,3,7-12,15-22,24H2,1-2,4-6H3/b27-13+,28-14-/t25-,29-,31-,32+,33+,34-,38-/m1/s1. The molecule has 0 amide bonds. The molecule has 46 heavy (non-hydrogen) atoms. The lowest BCUT2D eigenvalue weighted by molar-refractivity contribution is -0.164. The SMILES string of the molecule is C=C1/C(=C\C=C2/CCC[C@]3(C)[C@@H]([C@H](C)CC[C@@H](OC(=O)C(C)(C)CO)C4(c5ncc(CCCC)s5)CC4)CC[C@@H]23)C[C@@H](O)C[C@@H]1O. The first-order valence-electron chi connectivity index (χ1n) is 18.1. The Morgan fingerprint density at radius 2 is 1.98 bits per heavy atom. The highest BCUT2D eigenvalue weighted by Crippen LogP contribution is 2.61. The van der Waals surface area contributed by atoms with Gasteiger partial charge in [-0.1, -0.05) is 51.5 Å². The molecule has 0 unspecified atom stereocenters. The molecule has 4 fully saturated rings. The van der Waals surface area contributed by atoms with E-state index in [-0.39, 0.29) is 29.5 Å². The van der Waals surface area contributed by atoms with Crippen LogP contribution in [0.3, 0.4) is 0 Å². The number of aromatic nitrogens is 1. The van der Waals surface area contributed by atoms with Crippen LogP contribution in [0.2, 0.25) is 0 Å². The van der Waals surface area contributed by atoms with Crippen molar-refractivity contribution in [1.82, 2.24) is 4.98 Å². The Morgan fingerprint density at radius 1 is 1.22 bits per heavy atom. The first-order valence-corrected chi connectivity index (χ1v) is 18.9. The highest BCUT2D eigenvalue weighted by molar-refractivity contribution is 7.11. The lowest BCUT2D eigenvalue weighted by Gasteiger charge is -2.44. The van der Waals surface area contributed by atoms with E-state index in [0.29, 0.717) is 30.6 Å². The number of aliphatic hydroxyl groups is 3. The second-order valence-electron chi connectivity index (χ2n) is 16.0. The lowest BCUT2D eigenvalue weighted by atomic mass is 9.60. The number of aryl methyl sites for hydroxylation is 1. The van der Waals surface area contributed by atoms with Gasteiger partial charge in [-0.2, -0.15) is 0 Å². The number of thiazole rings is 1. The molecule has 256 valence electrons. The second kappa shape index (κ2) is 14.4. The van der Waals surface area contributed by atoms with Gasteiger partial charge in [-0.15, -0.1) is 11.3 Å². The molecule has 1 aromatic heterocycles. The third-order valence-corrected chi connectivity index (χ3v) is 13.5. The summed E-state index contributed by atoms with van der Waals surface area (Å²) in [4.78, 5) is 19.5. The molecule has 7 atom stereocenters. The molecule has 4 aliphatic carbocycles. The zero-order chi connectivity index (χ0) is 33.3. The minimum Gasteiger partial charge on any atom is -0.461 e. The molecule has 0 saturated heterocycles. The fourth-order valence-electron chi connectivity index (χ4n) is 8.91. The molecule has 3 N–H and O–H groups in total. The van der Waals surface area contributed by atoms with Crippen LogP contribution in [-0.2, 0) is 21.4 Å². The third-order valence-electron chi connectivity index (χ3n) is 12.2. The normalized spacial score (nSPS) is 32.4. The molecule has 4 aliphatic rings. The summed E-state index contributed by atoms with van der Waals surface area (Å²) in [5.74, 6) is 1.33. The van der Waals surface area contributed by atoms with E-state index in [9.17, 15) is 20.1 Å². The number of hydrogen-bond acceptors (Lipinski definition) is 7. The van der Waals surface area contributed by atoms with Gasteiger partial charge in [-0.25, -0.2) is 4.98 Å². The Kier molecular flexibility index (Phi) is 11.1. The van der Waals surface area contributed by atoms with Crippen LogP contribution >= 0.6 is 11.3 Å². The molecule has 6 nitrogen and oxygen atoms in total. The highest BCUT2D eigenvalue weighted by atomic mass is 32.1. The molecule has 0 bridgehead atoms. The average Bonchev–Trinajstić information content (AvgIpc) is 3.54. The molecule has 0 aliphatic heterocycles. The van der Waals surface area contributed by atoms with Crippen LogP contribution in [-0.4, -0.2) is 51.2 Å². The molecule has 4 saturated carbocycles. The molecular formula is C39H59NO5S. The molecule has 0 aromatic carbocycles. The number of ether oxygens (including phenoxy) is 1. The van der Waals surface area contributed by atoms with E-state index in [1.165, 1.54) is 36.1 Å². The van der Waals surface area contributed by atoms with E-state index in [1.807, 2.05) is 6.20 Å². The minimum absolute atomic E-state index is 0.198. The number of aliphatic hydroxyl groups excluding tert-OH is 3. The van der Waals surface area contributed by atoms with Crippen LogP contribution < -0.4 is 0 Å². The highest BCUT2D eigenvalue weighted by Gasteiger charge is 2.56.